The average Bonchev–Trinajstić information content (AvgIpc) is 4.39. The van der Waals surface area contributed by atoms with Gasteiger partial charge in [-0.15, -0.1) is 0 Å². The normalized spacial score (nSPS) is 20.1. The number of nitrogens with zero attached hydrogens (tertiary/aromatic N) is 2. The van der Waals surface area contributed by atoms with Crippen LogP contribution in [0.25, 0.3) is 22.3 Å². The highest BCUT2D eigenvalue weighted by atomic mass is 16.2. The van der Waals surface area contributed by atoms with Crippen LogP contribution in [-0.2, 0) is 38.4 Å². The molecule has 8 N–H and O–H groups in total. The quantitative estimate of drug-likeness (QED) is 0.0700. The molecule has 0 saturated carbocycles. The smallest absolute Gasteiger partial charge is 0.246 e. The number of likely N-dealkylation sites (tertiary alicyclic amines) is 2. The van der Waals surface area contributed by atoms with Gasteiger partial charge in [0.1, 0.15) is 24.2 Å². The van der Waals surface area contributed by atoms with Crippen LogP contribution in [0.5, 0.6) is 0 Å². The molecule has 8 amide bonds. The molecule has 420 valence electrons. The molecule has 0 radical (unpaired) electrons. The molecule has 18 nitrogen and oxygen atoms in total. The van der Waals surface area contributed by atoms with Crippen molar-refractivity contribution in [3.63, 3.8) is 0 Å². The third-order valence-corrected chi connectivity index (χ3v) is 16.0. The zero-order chi connectivity index (χ0) is 57.1. The number of fused-ring (bicyclic) bond motifs is 6. The van der Waals surface area contributed by atoms with Crippen LogP contribution in [-0.4, -0.2) is 133 Å². The molecular weight excluding hydrogens is 1000 g/mol. The maximum atomic E-state index is 14.7. The van der Waals surface area contributed by atoms with Crippen molar-refractivity contribution in [3.05, 3.63) is 119 Å². The molecule has 2 aliphatic carbocycles. The molecular formula is C61H78N10O8. The third-order valence-electron chi connectivity index (χ3n) is 16.0. The molecule has 4 aromatic carbocycles. The number of amides is 8. The summed E-state index contributed by atoms with van der Waals surface area (Å²) in [7, 11) is 3.30. The van der Waals surface area contributed by atoms with Crippen molar-refractivity contribution in [1.29, 1.82) is 0 Å². The van der Waals surface area contributed by atoms with Gasteiger partial charge < -0.3 is 52.3 Å². The average molecular weight is 1080 g/mol. The van der Waals surface area contributed by atoms with Crippen LogP contribution in [0.3, 0.4) is 0 Å². The molecule has 2 saturated heterocycles. The van der Waals surface area contributed by atoms with Gasteiger partial charge >= 0.3 is 0 Å². The summed E-state index contributed by atoms with van der Waals surface area (Å²) >= 11 is 0. The van der Waals surface area contributed by atoms with Crippen LogP contribution in [0, 0.1) is 10.8 Å². The van der Waals surface area contributed by atoms with Crippen molar-refractivity contribution in [2.75, 3.05) is 27.2 Å². The summed E-state index contributed by atoms with van der Waals surface area (Å²) in [6, 6.07) is 24.1. The van der Waals surface area contributed by atoms with Gasteiger partial charge in [-0.05, 0) is 103 Å². The number of benzene rings is 4. The van der Waals surface area contributed by atoms with Crippen molar-refractivity contribution in [2.24, 2.45) is 10.8 Å². The first-order valence-corrected chi connectivity index (χ1v) is 27.6. The SMILES string of the molecule is CN[C@@H](C)C(=O)NC(C(=O)N1C[C@@H](NC(=O)CCCC(=O)N[C@H]2C[C@@H](C(=O)NC3c4ccccc4-c4ccccc43)N(C(=O)[C@@H](NC(=O)[C@H](C)NC)C(C)(C)C)C2)C[C@H]1C(=O)NC1c2ccccc2-c2ccccc21)C(C)(C)C. The van der Waals surface area contributed by atoms with Crippen molar-refractivity contribution < 1.29 is 38.4 Å². The molecule has 0 aromatic heterocycles. The molecule has 2 heterocycles. The predicted octanol–water partition coefficient (Wildman–Crippen LogP) is 4.38. The van der Waals surface area contributed by atoms with Crippen molar-refractivity contribution in [1.82, 2.24) is 52.3 Å². The summed E-state index contributed by atoms with van der Waals surface area (Å²) in [5, 5.41) is 24.2. The van der Waals surface area contributed by atoms with Gasteiger partial charge in [-0.3, -0.25) is 38.4 Å². The third kappa shape index (κ3) is 12.6. The second-order valence-corrected chi connectivity index (χ2v) is 23.7. The van der Waals surface area contributed by atoms with Crippen molar-refractivity contribution in [2.45, 2.75) is 148 Å². The van der Waals surface area contributed by atoms with E-state index in [1.807, 2.05) is 139 Å². The Morgan fingerprint density at radius 3 is 1.08 bits per heavy atom. The van der Waals surface area contributed by atoms with Crippen LogP contribution in [0.2, 0.25) is 0 Å². The maximum absolute atomic E-state index is 14.7. The van der Waals surface area contributed by atoms with Crippen molar-refractivity contribution >= 4 is 47.3 Å². The number of nitrogens with one attached hydrogen (secondary N) is 8. The fourth-order valence-corrected chi connectivity index (χ4v) is 11.4. The fourth-order valence-electron chi connectivity index (χ4n) is 11.4. The minimum Gasteiger partial charge on any atom is -0.351 e. The van der Waals surface area contributed by atoms with E-state index in [1.54, 1.807) is 27.9 Å². The van der Waals surface area contributed by atoms with E-state index in [-0.39, 0.29) is 68.8 Å². The van der Waals surface area contributed by atoms with Crippen LogP contribution in [0.1, 0.15) is 122 Å². The number of likely N-dealkylation sites (N-methyl/N-ethyl adjacent to an activating group) is 2. The van der Waals surface area contributed by atoms with E-state index >= 15 is 0 Å². The standard InChI is InChI=1S/C61H78N10O8/c1-34(62-9)54(74)68-52(60(3,4)5)58(78)70-32-36(30-46(70)56(76)66-50-42-24-15-11-20-38(42)39-21-12-16-25-43(39)50)64-48(72)28-19-29-49(73)65-37-31-47(71(33-37)59(79)53(61(6,7)8)69-55(75)35(2)63-10)57(77)67-51-44-26-17-13-22-40(44)41-23-14-18-27-45(41)51/h11-18,20-27,34-37,46-47,50-53,62-63H,19,28-33H2,1-10H3,(H,64,72)(H,65,73)(H,66,76)(H,67,77)(H,68,74)(H,69,75)/t34-,35-,36-,37-,46-,47-,52+,53?/m0/s1. The maximum Gasteiger partial charge on any atom is 0.246 e. The molecule has 79 heavy (non-hydrogen) atoms. The predicted molar refractivity (Wildman–Crippen MR) is 301 cm³/mol. The van der Waals surface area contributed by atoms with E-state index < -0.39 is 94.9 Å². The minimum absolute atomic E-state index is 0.00466. The summed E-state index contributed by atoms with van der Waals surface area (Å²) in [5.41, 5.74) is 6.24. The van der Waals surface area contributed by atoms with Gasteiger partial charge in [-0.2, -0.15) is 0 Å². The minimum atomic E-state index is -1.00. The van der Waals surface area contributed by atoms with Crippen LogP contribution in [0.4, 0.5) is 0 Å². The molecule has 8 rings (SSSR count). The lowest BCUT2D eigenvalue weighted by atomic mass is 9.85. The molecule has 8 atom stereocenters. The summed E-state index contributed by atoms with van der Waals surface area (Å²) in [5.74, 6) is -3.20. The summed E-state index contributed by atoms with van der Waals surface area (Å²) < 4.78 is 0. The lowest BCUT2D eigenvalue weighted by Gasteiger charge is -2.36. The second-order valence-electron chi connectivity index (χ2n) is 23.7. The Hall–Kier alpha value is -7.44. The first kappa shape index (κ1) is 57.7. The van der Waals surface area contributed by atoms with Gasteiger partial charge in [0, 0.05) is 38.0 Å². The van der Waals surface area contributed by atoms with Crippen molar-refractivity contribution in [3.8, 4) is 22.3 Å². The number of hydrogen-bond donors (Lipinski definition) is 8. The van der Waals surface area contributed by atoms with E-state index in [1.165, 1.54) is 9.80 Å². The highest BCUT2D eigenvalue weighted by Gasteiger charge is 2.48. The first-order valence-electron chi connectivity index (χ1n) is 27.6. The first-order chi connectivity index (χ1) is 37.5. The molecule has 2 fully saturated rings. The Morgan fingerprint density at radius 2 is 0.785 bits per heavy atom. The number of carbonyl (C=O) groups excluding carboxylic acids is 8. The Bertz CT molecular complexity index is 2700. The van der Waals surface area contributed by atoms with E-state index in [9.17, 15) is 38.4 Å². The van der Waals surface area contributed by atoms with Gasteiger partial charge in [0.05, 0.1) is 24.2 Å². The highest BCUT2D eigenvalue weighted by molar-refractivity contribution is 5.96. The number of carbonyl (C=O) groups is 8. The second kappa shape index (κ2) is 23.9. The van der Waals surface area contributed by atoms with Gasteiger partial charge in [0.25, 0.3) is 0 Å². The van der Waals surface area contributed by atoms with Gasteiger partial charge in [0.15, 0.2) is 0 Å². The zero-order valence-electron chi connectivity index (χ0n) is 47.1. The summed E-state index contributed by atoms with van der Waals surface area (Å²) in [4.78, 5) is 116. The largest absolute Gasteiger partial charge is 0.351 e. The van der Waals surface area contributed by atoms with Gasteiger partial charge in [0.2, 0.25) is 47.3 Å². The Balaban J connectivity index is 0.939. The molecule has 0 bridgehead atoms. The molecule has 2 aliphatic heterocycles. The van der Waals surface area contributed by atoms with Crippen LogP contribution < -0.4 is 42.5 Å². The molecule has 1 unspecified atom stereocenters. The van der Waals surface area contributed by atoms with E-state index in [4.69, 9.17) is 0 Å². The van der Waals surface area contributed by atoms with E-state index in [0.717, 1.165) is 44.5 Å². The van der Waals surface area contributed by atoms with Crippen LogP contribution >= 0.6 is 0 Å². The Labute approximate surface area is 463 Å². The van der Waals surface area contributed by atoms with E-state index in [0.29, 0.717) is 0 Å². The highest BCUT2D eigenvalue weighted by Crippen LogP contribution is 2.45. The molecule has 4 aliphatic rings. The molecule has 18 heteroatoms. The van der Waals surface area contributed by atoms with E-state index in [2.05, 4.69) is 42.5 Å². The van der Waals surface area contributed by atoms with Gasteiger partial charge in [-0.25, -0.2) is 0 Å². The fraction of sp³-hybridized carbons (Fsp3) is 0.475. The zero-order valence-corrected chi connectivity index (χ0v) is 47.1. The topological polar surface area (TPSA) is 239 Å². The van der Waals surface area contributed by atoms with Gasteiger partial charge in [-0.1, -0.05) is 139 Å². The lowest BCUT2D eigenvalue weighted by molar-refractivity contribution is -0.144. The Morgan fingerprint density at radius 1 is 0.481 bits per heavy atom. The molecule has 0 spiro atoms. The number of hydrogen-bond acceptors (Lipinski definition) is 10. The monoisotopic (exact) mass is 1080 g/mol. The van der Waals surface area contributed by atoms with Crippen LogP contribution in [0.15, 0.2) is 97.1 Å². The lowest BCUT2D eigenvalue weighted by Crippen LogP contribution is -2.59. The number of rotatable bonds is 18. The summed E-state index contributed by atoms with van der Waals surface area (Å²) in [6.07, 6.45) is 0.278. The summed E-state index contributed by atoms with van der Waals surface area (Å²) in [6.45, 7) is 14.5. The Kier molecular flexibility index (Phi) is 17.5. The molecule has 4 aromatic rings.